The van der Waals surface area contributed by atoms with Crippen molar-refractivity contribution in [3.63, 3.8) is 0 Å². The van der Waals surface area contributed by atoms with Crippen molar-refractivity contribution in [2.45, 2.75) is 104 Å². The molecule has 0 saturated heterocycles. The lowest BCUT2D eigenvalue weighted by molar-refractivity contribution is -0.151. The maximum atomic E-state index is 14.8. The largest absolute Gasteiger partial charge is 0.390 e. The number of rotatable bonds is 4. The predicted octanol–water partition coefficient (Wildman–Crippen LogP) is 6.57. The fourth-order valence-corrected chi connectivity index (χ4v) is 8.08. The molecule has 3 fully saturated rings. The van der Waals surface area contributed by atoms with Crippen LogP contribution in [0.15, 0.2) is 11.6 Å². The highest BCUT2D eigenvalue weighted by atomic mass is 19.3. The Hall–Kier alpha value is -0.770. The number of ketones is 1. The minimum absolute atomic E-state index is 0.0635. The van der Waals surface area contributed by atoms with Crippen LogP contribution in [0.3, 0.4) is 0 Å². The molecule has 0 amide bonds. The molecule has 7 atom stereocenters. The number of carbonyl (C=O) groups excluding carboxylic acids is 1. The Bertz CT molecular complexity index is 739. The number of allylic oxidation sites excluding steroid dienone is 1. The Labute approximate surface area is 180 Å². The Balaban J connectivity index is 1.56. The van der Waals surface area contributed by atoms with Gasteiger partial charge >= 0.3 is 5.92 Å². The van der Waals surface area contributed by atoms with Crippen LogP contribution in [0.25, 0.3) is 0 Å². The molecule has 4 rings (SSSR count). The van der Waals surface area contributed by atoms with E-state index in [1.807, 2.05) is 6.92 Å². The standard InChI is InChI=1S/C26H40F2O2/c1-16(2)22(29)26(27,28)15-18-7-9-20-19-8-6-17-14-23(3,30)12-13-25(17,5)21(19)10-11-24(18,20)4/h6,16,18-21,30H,7-15H2,1-5H3. The fraction of sp³-hybridized carbons (Fsp3) is 0.885. The first-order valence-corrected chi connectivity index (χ1v) is 12.1. The van der Waals surface area contributed by atoms with Crippen molar-refractivity contribution < 1.29 is 18.7 Å². The molecule has 0 bridgehead atoms. The van der Waals surface area contributed by atoms with E-state index in [0.29, 0.717) is 17.8 Å². The highest BCUT2D eigenvalue weighted by Gasteiger charge is 2.60. The number of alkyl halides is 2. The van der Waals surface area contributed by atoms with E-state index in [0.717, 1.165) is 51.4 Å². The molecular formula is C26H40F2O2. The zero-order valence-electron chi connectivity index (χ0n) is 19.4. The molecule has 0 aromatic heterocycles. The minimum Gasteiger partial charge on any atom is -0.390 e. The van der Waals surface area contributed by atoms with Crippen molar-refractivity contribution in [3.8, 4) is 0 Å². The number of hydrogen-bond donors (Lipinski definition) is 1. The first kappa shape index (κ1) is 22.4. The second-order valence-electron chi connectivity index (χ2n) is 12.2. The maximum absolute atomic E-state index is 14.8. The van der Waals surface area contributed by atoms with Gasteiger partial charge in [0.15, 0.2) is 0 Å². The summed E-state index contributed by atoms with van der Waals surface area (Å²) in [5, 5.41) is 10.6. The summed E-state index contributed by atoms with van der Waals surface area (Å²) >= 11 is 0. The van der Waals surface area contributed by atoms with Gasteiger partial charge in [-0.2, -0.15) is 8.78 Å². The number of hydrogen-bond acceptors (Lipinski definition) is 2. The summed E-state index contributed by atoms with van der Waals surface area (Å²) in [5.74, 6) is -3.15. The first-order chi connectivity index (χ1) is 13.8. The number of halogens is 2. The number of carbonyl (C=O) groups is 1. The molecular weight excluding hydrogens is 382 g/mol. The molecule has 4 heteroatoms. The molecule has 4 aliphatic carbocycles. The second-order valence-corrected chi connectivity index (χ2v) is 12.2. The van der Waals surface area contributed by atoms with Gasteiger partial charge in [0.1, 0.15) is 0 Å². The van der Waals surface area contributed by atoms with Crippen LogP contribution in [0.4, 0.5) is 8.78 Å². The van der Waals surface area contributed by atoms with Crippen LogP contribution in [-0.4, -0.2) is 22.4 Å². The fourth-order valence-electron chi connectivity index (χ4n) is 8.08. The smallest absolute Gasteiger partial charge is 0.305 e. The van der Waals surface area contributed by atoms with E-state index in [1.165, 1.54) is 5.57 Å². The molecule has 0 radical (unpaired) electrons. The minimum atomic E-state index is -3.20. The second kappa shape index (κ2) is 7.12. The van der Waals surface area contributed by atoms with Gasteiger partial charge in [0.2, 0.25) is 5.78 Å². The lowest BCUT2D eigenvalue weighted by Crippen LogP contribution is -2.52. The zero-order chi connectivity index (χ0) is 22.1. The number of Topliss-reactive ketones (excluding diaryl/α,β-unsaturated/α-hetero) is 1. The average Bonchev–Trinajstić information content (AvgIpc) is 2.97. The molecule has 3 saturated carbocycles. The Morgan fingerprint density at radius 3 is 2.50 bits per heavy atom. The van der Waals surface area contributed by atoms with Gasteiger partial charge in [0, 0.05) is 12.3 Å². The monoisotopic (exact) mass is 422 g/mol. The van der Waals surface area contributed by atoms with E-state index in [1.54, 1.807) is 13.8 Å². The van der Waals surface area contributed by atoms with E-state index < -0.39 is 23.2 Å². The molecule has 30 heavy (non-hydrogen) atoms. The van der Waals surface area contributed by atoms with Gasteiger partial charge in [-0.15, -0.1) is 0 Å². The Morgan fingerprint density at radius 1 is 1.13 bits per heavy atom. The lowest BCUT2D eigenvalue weighted by atomic mass is 9.46. The van der Waals surface area contributed by atoms with Crippen molar-refractivity contribution in [2.75, 3.05) is 0 Å². The molecule has 7 unspecified atom stereocenters. The number of fused-ring (bicyclic) bond motifs is 5. The third-order valence-corrected chi connectivity index (χ3v) is 9.96. The first-order valence-electron chi connectivity index (χ1n) is 12.1. The predicted molar refractivity (Wildman–Crippen MR) is 115 cm³/mol. The van der Waals surface area contributed by atoms with Crippen LogP contribution in [0, 0.1) is 40.4 Å². The summed E-state index contributed by atoms with van der Waals surface area (Å²) in [4.78, 5) is 12.1. The summed E-state index contributed by atoms with van der Waals surface area (Å²) < 4.78 is 29.5. The van der Waals surface area contributed by atoms with Crippen molar-refractivity contribution in [3.05, 3.63) is 11.6 Å². The van der Waals surface area contributed by atoms with Gasteiger partial charge < -0.3 is 5.11 Å². The van der Waals surface area contributed by atoms with Gasteiger partial charge in [-0.3, -0.25) is 4.79 Å². The van der Waals surface area contributed by atoms with Gasteiger partial charge in [0.05, 0.1) is 5.60 Å². The topological polar surface area (TPSA) is 37.3 Å². The SMILES string of the molecule is CC(C)C(=O)C(F)(F)CC1CCC2C3CC=C4CC(C)(O)CCC4(C)C3CCC12C. The average molecular weight is 423 g/mol. The third-order valence-electron chi connectivity index (χ3n) is 9.96. The highest BCUT2D eigenvalue weighted by Crippen LogP contribution is 2.67. The van der Waals surface area contributed by atoms with Gasteiger partial charge in [-0.1, -0.05) is 39.3 Å². The number of aliphatic hydroxyl groups is 1. The van der Waals surface area contributed by atoms with Crippen molar-refractivity contribution in [1.29, 1.82) is 0 Å². The van der Waals surface area contributed by atoms with Crippen LogP contribution >= 0.6 is 0 Å². The van der Waals surface area contributed by atoms with Gasteiger partial charge in [-0.05, 0) is 92.8 Å². The van der Waals surface area contributed by atoms with Crippen LogP contribution in [0.2, 0.25) is 0 Å². The van der Waals surface area contributed by atoms with Crippen LogP contribution < -0.4 is 0 Å². The summed E-state index contributed by atoms with van der Waals surface area (Å²) in [6, 6.07) is 0. The highest BCUT2D eigenvalue weighted by molar-refractivity contribution is 5.87. The molecule has 1 N–H and O–H groups in total. The Kier molecular flexibility index (Phi) is 5.32. The van der Waals surface area contributed by atoms with Crippen LogP contribution in [-0.2, 0) is 4.79 Å². The maximum Gasteiger partial charge on any atom is 0.305 e. The van der Waals surface area contributed by atoms with E-state index in [4.69, 9.17) is 0 Å². The van der Waals surface area contributed by atoms with E-state index >= 15 is 0 Å². The van der Waals surface area contributed by atoms with Crippen molar-refractivity contribution >= 4 is 5.78 Å². The summed E-state index contributed by atoms with van der Waals surface area (Å²) in [6.45, 7) is 9.76. The molecule has 0 aromatic carbocycles. The quantitative estimate of drug-likeness (QED) is 0.521. The van der Waals surface area contributed by atoms with E-state index in [-0.39, 0.29) is 23.2 Å². The molecule has 0 aliphatic heterocycles. The van der Waals surface area contributed by atoms with Crippen LogP contribution in [0.5, 0.6) is 0 Å². The summed E-state index contributed by atoms with van der Waals surface area (Å²) in [6.07, 6.45) is 9.74. The zero-order valence-corrected chi connectivity index (χ0v) is 19.4. The van der Waals surface area contributed by atoms with E-state index in [2.05, 4.69) is 19.9 Å². The molecule has 2 nitrogen and oxygen atoms in total. The lowest BCUT2D eigenvalue weighted by Gasteiger charge is -2.59. The molecule has 0 spiro atoms. The molecule has 0 heterocycles. The third kappa shape index (κ3) is 3.40. The molecule has 4 aliphatic rings. The van der Waals surface area contributed by atoms with Crippen molar-refractivity contribution in [1.82, 2.24) is 0 Å². The van der Waals surface area contributed by atoms with Crippen molar-refractivity contribution in [2.24, 2.45) is 40.4 Å². The van der Waals surface area contributed by atoms with E-state index in [9.17, 15) is 18.7 Å². The molecule has 170 valence electrons. The molecule has 0 aromatic rings. The normalized spacial score (nSPS) is 46.1. The summed E-state index contributed by atoms with van der Waals surface area (Å²) in [5.41, 5.74) is 0.924. The Morgan fingerprint density at radius 2 is 1.83 bits per heavy atom. The van der Waals surface area contributed by atoms with Gasteiger partial charge in [-0.25, -0.2) is 0 Å². The van der Waals surface area contributed by atoms with Gasteiger partial charge in [0.25, 0.3) is 0 Å². The van der Waals surface area contributed by atoms with Crippen LogP contribution in [0.1, 0.15) is 92.4 Å². The summed E-state index contributed by atoms with van der Waals surface area (Å²) in [7, 11) is 0.